The normalized spacial score (nSPS) is 21.0. The number of guanidine groups is 1. The molecule has 3 heterocycles. The predicted molar refractivity (Wildman–Crippen MR) is 118 cm³/mol. The van der Waals surface area contributed by atoms with Crippen LogP contribution in [-0.4, -0.2) is 53.9 Å². The van der Waals surface area contributed by atoms with E-state index >= 15 is 0 Å². The molecule has 1 saturated heterocycles. The van der Waals surface area contributed by atoms with E-state index in [4.69, 9.17) is 4.99 Å². The summed E-state index contributed by atoms with van der Waals surface area (Å²) in [4.78, 5) is 8.90. The first-order valence-corrected chi connectivity index (χ1v) is 11.3. The molecule has 6 nitrogen and oxygen atoms in total. The molecule has 2 aromatic rings. The van der Waals surface area contributed by atoms with Crippen LogP contribution in [0.5, 0.6) is 0 Å². The molecule has 1 fully saturated rings. The van der Waals surface area contributed by atoms with E-state index in [9.17, 15) is 0 Å². The molecule has 2 aromatic heterocycles. The van der Waals surface area contributed by atoms with Gasteiger partial charge in [0.2, 0.25) is 0 Å². The summed E-state index contributed by atoms with van der Waals surface area (Å²) in [6.45, 7) is 8.92. The van der Waals surface area contributed by atoms with Gasteiger partial charge in [-0.25, -0.2) is 0 Å². The zero-order valence-corrected chi connectivity index (χ0v) is 18.2. The Hall–Kier alpha value is -1.86. The molecule has 7 heteroatoms. The number of aryl methyl sites for hydroxylation is 2. The van der Waals surface area contributed by atoms with Crippen LogP contribution >= 0.6 is 11.3 Å². The van der Waals surface area contributed by atoms with Crippen molar-refractivity contribution in [2.75, 3.05) is 33.2 Å². The predicted octanol–water partition coefficient (Wildman–Crippen LogP) is 3.28. The minimum atomic E-state index is 0.489. The average Bonchev–Trinajstić information content (AvgIpc) is 3.35. The maximum atomic E-state index is 4.93. The first-order valence-electron chi connectivity index (χ1n) is 10.4. The highest BCUT2D eigenvalue weighted by molar-refractivity contribution is 7.10. The molecule has 0 aliphatic carbocycles. The van der Waals surface area contributed by atoms with E-state index in [1.54, 1.807) is 0 Å². The molecule has 0 aromatic carbocycles. The topological polar surface area (TPSA) is 57.5 Å². The summed E-state index contributed by atoms with van der Waals surface area (Å²) in [6, 6.07) is 4.92. The summed E-state index contributed by atoms with van der Waals surface area (Å²) < 4.78 is 2.00. The van der Waals surface area contributed by atoms with E-state index in [-0.39, 0.29) is 0 Å². The van der Waals surface area contributed by atoms with Crippen molar-refractivity contribution in [2.24, 2.45) is 10.9 Å². The maximum Gasteiger partial charge on any atom is 0.191 e. The fourth-order valence-corrected chi connectivity index (χ4v) is 4.93. The molecule has 2 unspecified atom stereocenters. The summed E-state index contributed by atoms with van der Waals surface area (Å²) in [6.07, 6.45) is 7.52. The van der Waals surface area contributed by atoms with Gasteiger partial charge < -0.3 is 10.6 Å². The molecule has 2 atom stereocenters. The molecule has 154 valence electrons. The molecule has 0 bridgehead atoms. The minimum Gasteiger partial charge on any atom is -0.357 e. The standard InChI is InChI=1S/C21H34N6S/c1-4-22-21(23-10-7-12-27-16-17(2)14-25-27)24-15-18-8-5-11-26(3)20(18)19-9-6-13-28-19/h6,9,13-14,16,18,20H,4-5,7-8,10-12,15H2,1-3H3,(H2,22,23,24). The van der Waals surface area contributed by atoms with Crippen molar-refractivity contribution in [1.29, 1.82) is 0 Å². The van der Waals surface area contributed by atoms with Gasteiger partial charge in [0.15, 0.2) is 5.96 Å². The Labute approximate surface area is 173 Å². The number of piperidine rings is 1. The van der Waals surface area contributed by atoms with Gasteiger partial charge in [0.05, 0.1) is 6.20 Å². The van der Waals surface area contributed by atoms with E-state index in [1.807, 2.05) is 22.2 Å². The molecule has 0 amide bonds. The van der Waals surface area contributed by atoms with Gasteiger partial charge in [-0.1, -0.05) is 6.07 Å². The third-order valence-corrected chi connectivity index (χ3v) is 6.23. The van der Waals surface area contributed by atoms with E-state index in [0.717, 1.165) is 38.6 Å². The molecule has 1 aliphatic heterocycles. The van der Waals surface area contributed by atoms with Gasteiger partial charge in [0.25, 0.3) is 0 Å². The van der Waals surface area contributed by atoms with Crippen molar-refractivity contribution in [1.82, 2.24) is 25.3 Å². The lowest BCUT2D eigenvalue weighted by Gasteiger charge is -2.38. The number of hydrogen-bond acceptors (Lipinski definition) is 4. The van der Waals surface area contributed by atoms with Crippen LogP contribution in [0.3, 0.4) is 0 Å². The van der Waals surface area contributed by atoms with Crippen LogP contribution in [0.4, 0.5) is 0 Å². The van der Waals surface area contributed by atoms with Crippen LogP contribution in [0.25, 0.3) is 0 Å². The van der Waals surface area contributed by atoms with E-state index < -0.39 is 0 Å². The van der Waals surface area contributed by atoms with Gasteiger partial charge in [-0.15, -0.1) is 11.3 Å². The van der Waals surface area contributed by atoms with Crippen LogP contribution < -0.4 is 10.6 Å². The molecule has 0 spiro atoms. The van der Waals surface area contributed by atoms with Crippen molar-refractivity contribution in [2.45, 2.75) is 45.7 Å². The van der Waals surface area contributed by atoms with Crippen LogP contribution in [0, 0.1) is 12.8 Å². The molecule has 2 N–H and O–H groups in total. The maximum absolute atomic E-state index is 4.93. The second kappa shape index (κ2) is 10.6. The van der Waals surface area contributed by atoms with Gasteiger partial charge in [0, 0.05) is 43.3 Å². The summed E-state index contributed by atoms with van der Waals surface area (Å²) in [5.41, 5.74) is 1.21. The van der Waals surface area contributed by atoms with Gasteiger partial charge in [0.1, 0.15) is 0 Å². The van der Waals surface area contributed by atoms with Gasteiger partial charge >= 0.3 is 0 Å². The third kappa shape index (κ3) is 5.82. The third-order valence-electron chi connectivity index (χ3n) is 5.29. The SMILES string of the molecule is CCNC(=NCC1CCCN(C)C1c1cccs1)NCCCn1cc(C)cn1. The fourth-order valence-electron chi connectivity index (χ4n) is 3.95. The highest BCUT2D eigenvalue weighted by Crippen LogP contribution is 2.37. The smallest absolute Gasteiger partial charge is 0.191 e. The molecular formula is C21H34N6S. The monoisotopic (exact) mass is 402 g/mol. The summed E-state index contributed by atoms with van der Waals surface area (Å²) >= 11 is 1.87. The van der Waals surface area contributed by atoms with Crippen molar-refractivity contribution < 1.29 is 0 Å². The summed E-state index contributed by atoms with van der Waals surface area (Å²) in [5, 5.41) is 13.4. The van der Waals surface area contributed by atoms with Crippen LogP contribution in [0.1, 0.15) is 42.7 Å². The molecule has 28 heavy (non-hydrogen) atoms. The number of likely N-dealkylation sites (tertiary alicyclic amines) is 1. The number of aromatic nitrogens is 2. The Kier molecular flexibility index (Phi) is 7.91. The second-order valence-corrected chi connectivity index (χ2v) is 8.60. The quantitative estimate of drug-likeness (QED) is 0.404. The molecule has 0 radical (unpaired) electrons. The Morgan fingerprint density at radius 1 is 1.39 bits per heavy atom. The fraction of sp³-hybridized carbons (Fsp3) is 0.619. The Morgan fingerprint density at radius 3 is 3.00 bits per heavy atom. The highest BCUT2D eigenvalue weighted by atomic mass is 32.1. The zero-order chi connectivity index (χ0) is 19.8. The van der Waals surface area contributed by atoms with Crippen molar-refractivity contribution in [3.8, 4) is 0 Å². The summed E-state index contributed by atoms with van der Waals surface area (Å²) in [7, 11) is 2.25. The van der Waals surface area contributed by atoms with E-state index in [2.05, 4.69) is 65.2 Å². The molecular weight excluding hydrogens is 368 g/mol. The van der Waals surface area contributed by atoms with Crippen molar-refractivity contribution >= 4 is 17.3 Å². The Morgan fingerprint density at radius 2 is 2.29 bits per heavy atom. The molecule has 1 aliphatic rings. The molecule has 3 rings (SSSR count). The number of nitrogens with one attached hydrogen (secondary N) is 2. The highest BCUT2D eigenvalue weighted by Gasteiger charge is 2.31. The lowest BCUT2D eigenvalue weighted by Crippen LogP contribution is -2.40. The first kappa shape index (κ1) is 20.9. The number of thiophene rings is 1. The van der Waals surface area contributed by atoms with Gasteiger partial charge in [-0.2, -0.15) is 5.10 Å². The van der Waals surface area contributed by atoms with E-state index in [0.29, 0.717) is 12.0 Å². The summed E-state index contributed by atoms with van der Waals surface area (Å²) in [5.74, 6) is 1.50. The lowest BCUT2D eigenvalue weighted by molar-refractivity contribution is 0.128. The van der Waals surface area contributed by atoms with Crippen LogP contribution in [-0.2, 0) is 6.54 Å². The van der Waals surface area contributed by atoms with Crippen molar-refractivity contribution in [3.05, 3.63) is 40.3 Å². The zero-order valence-electron chi connectivity index (χ0n) is 17.4. The largest absolute Gasteiger partial charge is 0.357 e. The minimum absolute atomic E-state index is 0.489. The molecule has 0 saturated carbocycles. The number of nitrogens with zero attached hydrogens (tertiary/aromatic N) is 4. The Balaban J connectivity index is 1.53. The van der Waals surface area contributed by atoms with E-state index in [1.165, 1.54) is 29.8 Å². The van der Waals surface area contributed by atoms with Gasteiger partial charge in [-0.05, 0) is 69.6 Å². The van der Waals surface area contributed by atoms with Gasteiger partial charge in [-0.3, -0.25) is 14.6 Å². The number of hydrogen-bond donors (Lipinski definition) is 2. The van der Waals surface area contributed by atoms with Crippen LogP contribution in [0.15, 0.2) is 34.9 Å². The average molecular weight is 403 g/mol. The Bertz CT molecular complexity index is 723. The number of aliphatic imine (C=N–C) groups is 1. The number of rotatable bonds is 8. The lowest BCUT2D eigenvalue weighted by atomic mass is 9.88. The van der Waals surface area contributed by atoms with Crippen molar-refractivity contribution in [3.63, 3.8) is 0 Å². The first-order chi connectivity index (χ1) is 13.7. The van der Waals surface area contributed by atoms with Crippen LogP contribution in [0.2, 0.25) is 0 Å². The second-order valence-electron chi connectivity index (χ2n) is 7.62.